The van der Waals surface area contributed by atoms with Crippen molar-refractivity contribution >= 4 is 17.4 Å². The van der Waals surface area contributed by atoms with Crippen LogP contribution in [-0.2, 0) is 0 Å². The number of halogens is 1. The highest BCUT2D eigenvalue weighted by Gasteiger charge is 2.50. The number of hydrogen-bond donors (Lipinski definition) is 1. The Bertz CT molecular complexity index is 354. The molecule has 1 aromatic heterocycles. The predicted molar refractivity (Wildman–Crippen MR) is 62.1 cm³/mol. The largest absolute Gasteiger partial charge is 0.367 e. The van der Waals surface area contributed by atoms with Crippen LogP contribution in [0.25, 0.3) is 0 Å². The highest BCUT2D eigenvalue weighted by molar-refractivity contribution is 6.29. The number of pyridine rings is 1. The van der Waals surface area contributed by atoms with Crippen molar-refractivity contribution in [2.24, 2.45) is 11.8 Å². The number of rotatable bonds is 2. The summed E-state index contributed by atoms with van der Waals surface area (Å²) < 4.78 is 0. The van der Waals surface area contributed by atoms with Crippen LogP contribution in [0.4, 0.5) is 5.82 Å². The molecule has 1 aromatic rings. The summed E-state index contributed by atoms with van der Waals surface area (Å²) >= 11 is 5.85. The molecule has 2 atom stereocenters. The standard InChI is InChI=1S/C12H15ClN2/c13-10-6-3-7-11(14-10)15-12-8-4-1-2-5-9(8)12/h3,6-9,12H,1-2,4-5H2,(H,14,15). The van der Waals surface area contributed by atoms with Crippen LogP contribution < -0.4 is 5.32 Å². The van der Waals surface area contributed by atoms with E-state index in [9.17, 15) is 0 Å². The average Bonchev–Trinajstić information content (AvgIpc) is 2.93. The van der Waals surface area contributed by atoms with Crippen molar-refractivity contribution in [3.63, 3.8) is 0 Å². The van der Waals surface area contributed by atoms with E-state index in [1.165, 1.54) is 25.7 Å². The third-order valence-corrected chi connectivity index (χ3v) is 3.90. The molecular weight excluding hydrogens is 208 g/mol. The fourth-order valence-electron chi connectivity index (χ4n) is 2.87. The minimum absolute atomic E-state index is 0.573. The van der Waals surface area contributed by atoms with Gasteiger partial charge in [-0.05, 0) is 36.8 Å². The first kappa shape index (κ1) is 9.46. The summed E-state index contributed by atoms with van der Waals surface area (Å²) in [4.78, 5) is 4.27. The van der Waals surface area contributed by atoms with Gasteiger partial charge in [0.25, 0.3) is 0 Å². The number of nitrogens with one attached hydrogen (secondary N) is 1. The molecule has 2 aliphatic carbocycles. The number of fused-ring (bicyclic) bond motifs is 1. The van der Waals surface area contributed by atoms with Crippen molar-refractivity contribution in [2.75, 3.05) is 5.32 Å². The SMILES string of the molecule is Clc1cccc(NC2C3CCCCC32)n1. The zero-order valence-corrected chi connectivity index (χ0v) is 9.37. The lowest BCUT2D eigenvalue weighted by Crippen LogP contribution is -2.06. The first-order valence-corrected chi connectivity index (χ1v) is 6.11. The molecule has 1 N–H and O–H groups in total. The minimum Gasteiger partial charge on any atom is -0.367 e. The maximum Gasteiger partial charge on any atom is 0.131 e. The molecule has 80 valence electrons. The molecule has 0 radical (unpaired) electrons. The summed E-state index contributed by atoms with van der Waals surface area (Å²) in [5.74, 6) is 2.74. The Kier molecular flexibility index (Phi) is 2.32. The molecule has 2 nitrogen and oxygen atoms in total. The van der Waals surface area contributed by atoms with Crippen LogP contribution in [0.2, 0.25) is 5.15 Å². The summed E-state index contributed by atoms with van der Waals surface area (Å²) in [7, 11) is 0. The topological polar surface area (TPSA) is 24.9 Å². The van der Waals surface area contributed by atoms with E-state index in [1.807, 2.05) is 18.2 Å². The number of aromatic nitrogens is 1. The van der Waals surface area contributed by atoms with Crippen LogP contribution >= 0.6 is 11.6 Å². The third kappa shape index (κ3) is 1.83. The lowest BCUT2D eigenvalue weighted by Gasteiger charge is -2.04. The Morgan fingerprint density at radius 2 is 1.93 bits per heavy atom. The van der Waals surface area contributed by atoms with E-state index in [1.54, 1.807) is 0 Å². The summed E-state index contributed by atoms with van der Waals surface area (Å²) in [5.41, 5.74) is 0. The van der Waals surface area contributed by atoms with Crippen molar-refractivity contribution in [1.29, 1.82) is 0 Å². The minimum atomic E-state index is 0.573. The van der Waals surface area contributed by atoms with Crippen molar-refractivity contribution < 1.29 is 0 Å². The summed E-state index contributed by atoms with van der Waals surface area (Å²) in [6, 6.07) is 6.42. The molecule has 2 saturated carbocycles. The van der Waals surface area contributed by atoms with Crippen LogP contribution in [0, 0.1) is 11.8 Å². The second-order valence-electron chi connectivity index (χ2n) is 4.63. The van der Waals surface area contributed by atoms with Gasteiger partial charge in [-0.2, -0.15) is 0 Å². The maximum absolute atomic E-state index is 5.85. The molecule has 2 fully saturated rings. The van der Waals surface area contributed by atoms with Gasteiger partial charge in [0.05, 0.1) is 0 Å². The molecule has 15 heavy (non-hydrogen) atoms. The van der Waals surface area contributed by atoms with E-state index in [0.717, 1.165) is 17.7 Å². The number of hydrogen-bond acceptors (Lipinski definition) is 2. The van der Waals surface area contributed by atoms with Crippen LogP contribution in [0.1, 0.15) is 25.7 Å². The van der Waals surface area contributed by atoms with E-state index in [-0.39, 0.29) is 0 Å². The quantitative estimate of drug-likeness (QED) is 0.777. The summed E-state index contributed by atoms with van der Waals surface area (Å²) in [6.45, 7) is 0. The zero-order chi connectivity index (χ0) is 10.3. The second-order valence-corrected chi connectivity index (χ2v) is 5.02. The lowest BCUT2D eigenvalue weighted by atomic mass is 10.0. The predicted octanol–water partition coefficient (Wildman–Crippen LogP) is 3.34. The van der Waals surface area contributed by atoms with Gasteiger partial charge in [0.15, 0.2) is 0 Å². The first-order chi connectivity index (χ1) is 7.34. The van der Waals surface area contributed by atoms with Crippen molar-refractivity contribution in [1.82, 2.24) is 4.98 Å². The fraction of sp³-hybridized carbons (Fsp3) is 0.583. The van der Waals surface area contributed by atoms with E-state index >= 15 is 0 Å². The number of nitrogens with zero attached hydrogens (tertiary/aromatic N) is 1. The molecular formula is C12H15ClN2. The molecule has 0 bridgehead atoms. The highest BCUT2D eigenvalue weighted by Crippen LogP contribution is 2.50. The van der Waals surface area contributed by atoms with Gasteiger partial charge < -0.3 is 5.32 Å². The molecule has 0 amide bonds. The molecule has 0 aromatic carbocycles. The summed E-state index contributed by atoms with van der Waals surface area (Å²) in [6.07, 6.45) is 5.59. The smallest absolute Gasteiger partial charge is 0.131 e. The Balaban J connectivity index is 1.67. The molecule has 2 unspecified atom stereocenters. The number of anilines is 1. The lowest BCUT2D eigenvalue weighted by molar-refractivity contribution is 0.480. The molecule has 1 heterocycles. The Labute approximate surface area is 95.0 Å². The Morgan fingerprint density at radius 1 is 1.20 bits per heavy atom. The van der Waals surface area contributed by atoms with Gasteiger partial charge in [-0.15, -0.1) is 0 Å². The van der Waals surface area contributed by atoms with E-state index in [0.29, 0.717) is 11.2 Å². The van der Waals surface area contributed by atoms with E-state index < -0.39 is 0 Å². The fourth-order valence-corrected chi connectivity index (χ4v) is 3.03. The van der Waals surface area contributed by atoms with Gasteiger partial charge in [0, 0.05) is 6.04 Å². The van der Waals surface area contributed by atoms with Gasteiger partial charge in [0.1, 0.15) is 11.0 Å². The van der Waals surface area contributed by atoms with E-state index in [4.69, 9.17) is 11.6 Å². The molecule has 0 saturated heterocycles. The van der Waals surface area contributed by atoms with E-state index in [2.05, 4.69) is 10.3 Å². The zero-order valence-electron chi connectivity index (χ0n) is 8.62. The molecule has 3 rings (SSSR count). The van der Waals surface area contributed by atoms with Gasteiger partial charge >= 0.3 is 0 Å². The monoisotopic (exact) mass is 222 g/mol. The Morgan fingerprint density at radius 3 is 2.60 bits per heavy atom. The molecule has 3 heteroatoms. The van der Waals surface area contributed by atoms with Gasteiger partial charge in [0.2, 0.25) is 0 Å². The van der Waals surface area contributed by atoms with Gasteiger partial charge in [-0.25, -0.2) is 4.98 Å². The second kappa shape index (κ2) is 3.67. The first-order valence-electron chi connectivity index (χ1n) is 5.74. The molecule has 0 aliphatic heterocycles. The van der Waals surface area contributed by atoms with Crippen LogP contribution in [-0.4, -0.2) is 11.0 Å². The van der Waals surface area contributed by atoms with Crippen molar-refractivity contribution in [2.45, 2.75) is 31.7 Å². The summed E-state index contributed by atoms with van der Waals surface area (Å²) in [5, 5.41) is 4.08. The highest BCUT2D eigenvalue weighted by atomic mass is 35.5. The van der Waals surface area contributed by atoms with Crippen molar-refractivity contribution in [3.05, 3.63) is 23.4 Å². The molecule has 2 aliphatic rings. The normalized spacial score (nSPS) is 33.3. The Hall–Kier alpha value is -0.760. The van der Waals surface area contributed by atoms with Crippen LogP contribution in [0.5, 0.6) is 0 Å². The van der Waals surface area contributed by atoms with Gasteiger partial charge in [-0.1, -0.05) is 30.5 Å². The van der Waals surface area contributed by atoms with Crippen LogP contribution in [0.15, 0.2) is 18.2 Å². The molecule has 0 spiro atoms. The maximum atomic E-state index is 5.85. The van der Waals surface area contributed by atoms with Crippen molar-refractivity contribution in [3.8, 4) is 0 Å². The third-order valence-electron chi connectivity index (χ3n) is 3.69. The van der Waals surface area contributed by atoms with Crippen LogP contribution in [0.3, 0.4) is 0 Å². The average molecular weight is 223 g/mol. The van der Waals surface area contributed by atoms with Gasteiger partial charge in [-0.3, -0.25) is 0 Å².